The molecule has 0 aromatic heterocycles. The molecule has 1 aliphatic heterocycles. The third kappa shape index (κ3) is 4.47. The number of carbonyl (C=O) groups excluding carboxylic acids is 1. The highest BCUT2D eigenvalue weighted by Crippen LogP contribution is 2.39. The summed E-state index contributed by atoms with van der Waals surface area (Å²) in [5.41, 5.74) is 0.917. The van der Waals surface area contributed by atoms with E-state index in [0.717, 1.165) is 0 Å². The molecule has 0 bridgehead atoms. The SMILES string of the molecule is COc1c(C(=O)Cc2cccc(OC(F)(F)F)c2)ccc2c1C=CC(C)(C)O2. The normalized spacial score (nSPS) is 14.8. The highest BCUT2D eigenvalue weighted by atomic mass is 19.4. The lowest BCUT2D eigenvalue weighted by Gasteiger charge is -2.29. The van der Waals surface area contributed by atoms with Gasteiger partial charge < -0.3 is 14.2 Å². The van der Waals surface area contributed by atoms with Gasteiger partial charge in [0, 0.05) is 6.42 Å². The van der Waals surface area contributed by atoms with E-state index in [4.69, 9.17) is 9.47 Å². The number of fused-ring (bicyclic) bond motifs is 1. The zero-order valence-corrected chi connectivity index (χ0v) is 15.6. The molecule has 0 radical (unpaired) electrons. The first kappa shape index (κ1) is 19.8. The Bertz CT molecular complexity index is 930. The summed E-state index contributed by atoms with van der Waals surface area (Å²) in [6.45, 7) is 3.82. The lowest BCUT2D eigenvalue weighted by molar-refractivity contribution is -0.274. The van der Waals surface area contributed by atoms with Crippen molar-refractivity contribution in [2.24, 2.45) is 0 Å². The highest BCUT2D eigenvalue weighted by molar-refractivity contribution is 6.01. The molecule has 0 unspecified atom stereocenters. The Kier molecular flexibility index (Phi) is 5.10. The Labute approximate surface area is 160 Å². The van der Waals surface area contributed by atoms with E-state index in [9.17, 15) is 18.0 Å². The minimum absolute atomic E-state index is 0.0970. The van der Waals surface area contributed by atoms with Crippen LogP contribution in [0.3, 0.4) is 0 Å². The molecular weight excluding hydrogens is 373 g/mol. The number of alkyl halides is 3. The van der Waals surface area contributed by atoms with Gasteiger partial charge in [0.05, 0.1) is 18.2 Å². The van der Waals surface area contributed by atoms with Crippen molar-refractivity contribution < 1.29 is 32.2 Å². The highest BCUT2D eigenvalue weighted by Gasteiger charge is 2.31. The van der Waals surface area contributed by atoms with Gasteiger partial charge in [0.2, 0.25) is 0 Å². The number of ether oxygens (including phenoxy) is 3. The second kappa shape index (κ2) is 7.22. The van der Waals surface area contributed by atoms with Gasteiger partial charge in [-0.1, -0.05) is 12.1 Å². The molecule has 0 fully saturated rings. The van der Waals surface area contributed by atoms with E-state index in [0.29, 0.717) is 28.2 Å². The van der Waals surface area contributed by atoms with Gasteiger partial charge >= 0.3 is 6.36 Å². The van der Waals surface area contributed by atoms with Crippen LogP contribution < -0.4 is 14.2 Å². The van der Waals surface area contributed by atoms with Gasteiger partial charge in [0.15, 0.2) is 5.78 Å². The average molecular weight is 392 g/mol. The number of carbonyl (C=O) groups is 1. The topological polar surface area (TPSA) is 44.8 Å². The second-order valence-electron chi connectivity index (χ2n) is 6.89. The molecule has 3 rings (SSSR count). The van der Waals surface area contributed by atoms with Crippen LogP contribution in [0.5, 0.6) is 17.2 Å². The first-order valence-electron chi connectivity index (χ1n) is 8.55. The molecule has 2 aromatic rings. The quantitative estimate of drug-likeness (QED) is 0.656. The predicted molar refractivity (Wildman–Crippen MR) is 97.9 cm³/mol. The van der Waals surface area contributed by atoms with E-state index < -0.39 is 12.0 Å². The second-order valence-corrected chi connectivity index (χ2v) is 6.89. The summed E-state index contributed by atoms with van der Waals surface area (Å²) in [4.78, 5) is 12.8. The average Bonchev–Trinajstić information content (AvgIpc) is 2.58. The summed E-state index contributed by atoms with van der Waals surface area (Å²) in [5.74, 6) is 0.314. The van der Waals surface area contributed by atoms with E-state index in [2.05, 4.69) is 4.74 Å². The molecule has 0 saturated carbocycles. The first-order valence-corrected chi connectivity index (χ1v) is 8.55. The molecule has 0 amide bonds. The fraction of sp³-hybridized carbons (Fsp3) is 0.286. The Morgan fingerprint density at radius 1 is 1.18 bits per heavy atom. The van der Waals surface area contributed by atoms with Gasteiger partial charge in [-0.2, -0.15) is 0 Å². The number of benzene rings is 2. The standard InChI is InChI=1S/C21H19F3O4/c1-20(2)10-9-16-18(28-20)8-7-15(19(16)26-3)17(25)12-13-5-4-6-14(11-13)27-21(22,23)24/h4-11H,12H2,1-3H3. The zero-order valence-electron chi connectivity index (χ0n) is 15.6. The van der Waals surface area contributed by atoms with Gasteiger partial charge in [-0.3, -0.25) is 4.79 Å². The third-order valence-corrected chi connectivity index (χ3v) is 4.18. The van der Waals surface area contributed by atoms with E-state index in [1.807, 2.05) is 26.0 Å². The summed E-state index contributed by atoms with van der Waals surface area (Å²) in [6, 6.07) is 8.65. The molecule has 4 nitrogen and oxygen atoms in total. The summed E-state index contributed by atoms with van der Waals surface area (Å²) >= 11 is 0. The van der Waals surface area contributed by atoms with Crippen molar-refractivity contribution in [3.63, 3.8) is 0 Å². The number of rotatable bonds is 5. The predicted octanol–water partition coefficient (Wildman–Crippen LogP) is 5.20. The molecule has 0 atom stereocenters. The Morgan fingerprint density at radius 2 is 1.93 bits per heavy atom. The number of halogens is 3. The van der Waals surface area contributed by atoms with Crippen LogP contribution in [0, 0.1) is 0 Å². The van der Waals surface area contributed by atoms with Crippen LogP contribution in [-0.2, 0) is 6.42 Å². The van der Waals surface area contributed by atoms with Crippen LogP contribution >= 0.6 is 0 Å². The van der Waals surface area contributed by atoms with Gasteiger partial charge in [0.25, 0.3) is 0 Å². The Morgan fingerprint density at radius 3 is 2.61 bits per heavy atom. The largest absolute Gasteiger partial charge is 0.573 e. The maximum atomic E-state index is 12.8. The molecule has 0 spiro atoms. The minimum atomic E-state index is -4.79. The number of Topliss-reactive ketones (excluding diaryl/α,β-unsaturated/α-hetero) is 1. The zero-order chi connectivity index (χ0) is 20.5. The van der Waals surface area contributed by atoms with Gasteiger partial charge in [-0.25, -0.2) is 0 Å². The molecular formula is C21H19F3O4. The molecule has 0 saturated heterocycles. The van der Waals surface area contributed by atoms with Crippen molar-refractivity contribution in [3.05, 3.63) is 59.2 Å². The van der Waals surface area contributed by atoms with Crippen molar-refractivity contribution >= 4 is 11.9 Å². The van der Waals surface area contributed by atoms with Crippen molar-refractivity contribution in [2.45, 2.75) is 32.2 Å². The molecule has 148 valence electrons. The van der Waals surface area contributed by atoms with Crippen molar-refractivity contribution in [1.82, 2.24) is 0 Å². The summed E-state index contributed by atoms with van der Waals surface area (Å²) in [6.07, 6.45) is -1.18. The van der Waals surface area contributed by atoms with Crippen molar-refractivity contribution in [1.29, 1.82) is 0 Å². The van der Waals surface area contributed by atoms with Crippen LogP contribution in [0.25, 0.3) is 6.08 Å². The number of hydrogen-bond donors (Lipinski definition) is 0. The van der Waals surface area contributed by atoms with Gasteiger partial charge in [-0.05, 0) is 55.8 Å². The molecule has 7 heteroatoms. The van der Waals surface area contributed by atoms with Gasteiger partial charge in [0.1, 0.15) is 22.8 Å². The molecule has 1 aliphatic rings. The fourth-order valence-corrected chi connectivity index (χ4v) is 3.00. The lowest BCUT2D eigenvalue weighted by Crippen LogP contribution is -2.27. The summed E-state index contributed by atoms with van der Waals surface area (Å²) in [5, 5.41) is 0. The lowest BCUT2D eigenvalue weighted by atomic mass is 9.96. The molecule has 1 heterocycles. The Balaban J connectivity index is 1.87. The molecule has 0 N–H and O–H groups in total. The smallest absolute Gasteiger partial charge is 0.495 e. The maximum absolute atomic E-state index is 12.8. The number of ketones is 1. The minimum Gasteiger partial charge on any atom is -0.495 e. The first-order chi connectivity index (χ1) is 13.1. The Hall–Kier alpha value is -2.96. The van der Waals surface area contributed by atoms with Gasteiger partial charge in [-0.15, -0.1) is 13.2 Å². The number of methoxy groups -OCH3 is 1. The van der Waals surface area contributed by atoms with E-state index in [1.54, 1.807) is 18.2 Å². The molecule has 2 aromatic carbocycles. The van der Waals surface area contributed by atoms with E-state index >= 15 is 0 Å². The monoisotopic (exact) mass is 392 g/mol. The number of hydrogen-bond acceptors (Lipinski definition) is 4. The molecule has 28 heavy (non-hydrogen) atoms. The van der Waals surface area contributed by atoms with Crippen LogP contribution in [0.2, 0.25) is 0 Å². The van der Waals surface area contributed by atoms with Crippen molar-refractivity contribution in [2.75, 3.05) is 7.11 Å². The fourth-order valence-electron chi connectivity index (χ4n) is 3.00. The third-order valence-electron chi connectivity index (χ3n) is 4.18. The van der Waals surface area contributed by atoms with Crippen LogP contribution in [0.4, 0.5) is 13.2 Å². The summed E-state index contributed by atoms with van der Waals surface area (Å²) in [7, 11) is 1.46. The van der Waals surface area contributed by atoms with Crippen LogP contribution in [0.15, 0.2) is 42.5 Å². The van der Waals surface area contributed by atoms with Crippen LogP contribution in [-0.4, -0.2) is 24.9 Å². The van der Waals surface area contributed by atoms with E-state index in [-0.39, 0.29) is 18.0 Å². The van der Waals surface area contributed by atoms with Crippen LogP contribution in [0.1, 0.15) is 35.3 Å². The van der Waals surface area contributed by atoms with Crippen molar-refractivity contribution in [3.8, 4) is 17.2 Å². The summed E-state index contributed by atoms with van der Waals surface area (Å²) < 4.78 is 52.4. The maximum Gasteiger partial charge on any atom is 0.573 e. The van der Waals surface area contributed by atoms with E-state index in [1.165, 1.54) is 25.3 Å². The molecule has 0 aliphatic carbocycles.